The summed E-state index contributed by atoms with van der Waals surface area (Å²) in [5, 5.41) is 17.8. The van der Waals surface area contributed by atoms with Crippen molar-refractivity contribution in [1.82, 2.24) is 18.7 Å². The van der Waals surface area contributed by atoms with Crippen LogP contribution in [0.2, 0.25) is 0 Å². The van der Waals surface area contributed by atoms with Gasteiger partial charge in [-0.15, -0.1) is 0 Å². The second kappa shape index (κ2) is 11.8. The van der Waals surface area contributed by atoms with Gasteiger partial charge >= 0.3 is 0 Å². The largest absolute Gasteiger partial charge is 0.309 e. The fraction of sp³-hybridized carbons (Fsp3) is 0.0400. The standard InChI is InChI=1S/C50H33N5/c1-31-19-21-45-38(25-31)34-11-3-7-15-41(34)54(45)48-27-33(29-51)28-49(55-42-16-8-4-12-35(42)39-26-32(2)20-22-46(39)55)50(48)37-14-6-10-18-44(37)53-43-17-9-5-13-36(43)40-30-52-24-23-47(40)53/h3-28,30H,1-2H3. The smallest absolute Gasteiger partial charge is 0.0993 e. The molecule has 0 amide bonds. The molecule has 258 valence electrons. The van der Waals surface area contributed by atoms with E-state index in [0.717, 1.165) is 72.1 Å². The number of pyridine rings is 1. The summed E-state index contributed by atoms with van der Waals surface area (Å²) in [6, 6.07) is 56.7. The molecule has 11 aromatic rings. The molecule has 0 aliphatic carbocycles. The van der Waals surface area contributed by atoms with Crippen LogP contribution in [0.5, 0.6) is 0 Å². The third-order valence-electron chi connectivity index (χ3n) is 11.3. The average Bonchev–Trinajstić information content (AvgIpc) is 3.85. The van der Waals surface area contributed by atoms with Gasteiger partial charge < -0.3 is 13.7 Å². The summed E-state index contributed by atoms with van der Waals surface area (Å²) in [6.07, 6.45) is 3.84. The number of nitriles is 1. The number of hydrogen-bond donors (Lipinski definition) is 0. The van der Waals surface area contributed by atoms with E-state index in [0.29, 0.717) is 5.56 Å². The lowest BCUT2D eigenvalue weighted by molar-refractivity contribution is 1.12. The summed E-state index contributed by atoms with van der Waals surface area (Å²) in [4.78, 5) is 4.54. The monoisotopic (exact) mass is 703 g/mol. The minimum Gasteiger partial charge on any atom is -0.309 e. The first-order valence-electron chi connectivity index (χ1n) is 18.6. The molecule has 0 atom stereocenters. The van der Waals surface area contributed by atoms with Crippen molar-refractivity contribution in [3.05, 3.63) is 181 Å². The van der Waals surface area contributed by atoms with Crippen molar-refractivity contribution in [2.45, 2.75) is 13.8 Å². The predicted octanol–water partition coefficient (Wildman–Crippen LogP) is 12.5. The molecule has 0 aliphatic rings. The summed E-state index contributed by atoms with van der Waals surface area (Å²) < 4.78 is 7.11. The molecular formula is C50H33N5. The van der Waals surface area contributed by atoms with E-state index in [1.165, 1.54) is 32.7 Å². The average molecular weight is 704 g/mol. The highest BCUT2D eigenvalue weighted by molar-refractivity contribution is 6.13. The molecule has 0 fully saturated rings. The van der Waals surface area contributed by atoms with Crippen molar-refractivity contribution in [1.29, 1.82) is 5.26 Å². The van der Waals surface area contributed by atoms with Crippen molar-refractivity contribution in [3.8, 4) is 34.3 Å². The lowest BCUT2D eigenvalue weighted by Gasteiger charge is -2.23. The highest BCUT2D eigenvalue weighted by Gasteiger charge is 2.26. The van der Waals surface area contributed by atoms with Crippen molar-refractivity contribution in [2.24, 2.45) is 0 Å². The van der Waals surface area contributed by atoms with E-state index < -0.39 is 0 Å². The Morgan fingerprint density at radius 1 is 0.436 bits per heavy atom. The van der Waals surface area contributed by atoms with Gasteiger partial charge in [0.05, 0.1) is 61.8 Å². The van der Waals surface area contributed by atoms with Crippen molar-refractivity contribution < 1.29 is 0 Å². The second-order valence-electron chi connectivity index (χ2n) is 14.5. The number of aryl methyl sites for hydroxylation is 2. The Morgan fingerprint density at radius 3 is 1.45 bits per heavy atom. The van der Waals surface area contributed by atoms with Crippen LogP contribution in [-0.4, -0.2) is 18.7 Å². The van der Waals surface area contributed by atoms with Crippen LogP contribution in [0.4, 0.5) is 0 Å². The summed E-state index contributed by atoms with van der Waals surface area (Å²) >= 11 is 0. The molecule has 0 aliphatic heterocycles. The van der Waals surface area contributed by atoms with Crippen molar-refractivity contribution in [3.63, 3.8) is 0 Å². The maximum atomic E-state index is 10.8. The van der Waals surface area contributed by atoms with E-state index in [2.05, 4.69) is 190 Å². The SMILES string of the molecule is Cc1ccc2c(c1)c1ccccc1n2-c1cc(C#N)cc(-n2c3ccccc3c3cc(C)ccc32)c1-c1ccccc1-n1c2ccccc2c2cnccc21. The lowest BCUT2D eigenvalue weighted by Crippen LogP contribution is -2.07. The third kappa shape index (κ3) is 4.49. The number of hydrogen-bond acceptors (Lipinski definition) is 2. The fourth-order valence-electron chi connectivity index (χ4n) is 8.95. The van der Waals surface area contributed by atoms with Gasteiger partial charge in [-0.3, -0.25) is 4.98 Å². The molecule has 0 saturated heterocycles. The molecule has 0 N–H and O–H groups in total. The molecule has 5 heteroatoms. The Morgan fingerprint density at radius 2 is 0.891 bits per heavy atom. The van der Waals surface area contributed by atoms with Gasteiger partial charge in [-0.25, -0.2) is 0 Å². The Hall–Kier alpha value is -7.42. The van der Waals surface area contributed by atoms with Gasteiger partial charge in [-0.05, 0) is 80.6 Å². The molecule has 4 aromatic heterocycles. The van der Waals surface area contributed by atoms with E-state index in [-0.39, 0.29) is 0 Å². The van der Waals surface area contributed by atoms with E-state index in [1.807, 2.05) is 12.4 Å². The molecule has 0 spiro atoms. The van der Waals surface area contributed by atoms with Crippen LogP contribution >= 0.6 is 0 Å². The lowest BCUT2D eigenvalue weighted by atomic mass is 9.96. The summed E-state index contributed by atoms with van der Waals surface area (Å²) in [6.45, 7) is 4.29. The molecule has 7 aromatic carbocycles. The van der Waals surface area contributed by atoms with Gasteiger partial charge in [0.25, 0.3) is 0 Å². The summed E-state index contributed by atoms with van der Waals surface area (Å²) in [7, 11) is 0. The van der Waals surface area contributed by atoms with Crippen LogP contribution < -0.4 is 0 Å². The minimum atomic E-state index is 0.588. The van der Waals surface area contributed by atoms with Gasteiger partial charge in [-0.2, -0.15) is 5.26 Å². The van der Waals surface area contributed by atoms with E-state index in [9.17, 15) is 5.26 Å². The topological polar surface area (TPSA) is 51.5 Å². The molecule has 0 radical (unpaired) electrons. The molecule has 0 unspecified atom stereocenters. The van der Waals surface area contributed by atoms with Gasteiger partial charge in [0.1, 0.15) is 0 Å². The summed E-state index contributed by atoms with van der Waals surface area (Å²) in [5.41, 5.74) is 14.5. The second-order valence-corrected chi connectivity index (χ2v) is 14.5. The Balaban J connectivity index is 1.37. The van der Waals surface area contributed by atoms with Crippen LogP contribution in [0.1, 0.15) is 16.7 Å². The first-order chi connectivity index (χ1) is 27.1. The van der Waals surface area contributed by atoms with E-state index >= 15 is 0 Å². The molecular weight excluding hydrogens is 671 g/mol. The van der Waals surface area contributed by atoms with Crippen molar-refractivity contribution >= 4 is 65.4 Å². The van der Waals surface area contributed by atoms with Crippen LogP contribution in [0, 0.1) is 25.2 Å². The molecule has 5 nitrogen and oxygen atoms in total. The van der Waals surface area contributed by atoms with Gasteiger partial charge in [-0.1, -0.05) is 96.1 Å². The minimum absolute atomic E-state index is 0.588. The molecule has 4 heterocycles. The highest BCUT2D eigenvalue weighted by atomic mass is 15.0. The Labute approximate surface area is 317 Å². The van der Waals surface area contributed by atoms with Crippen LogP contribution in [0.25, 0.3) is 93.6 Å². The Kier molecular flexibility index (Phi) is 6.68. The number of para-hydroxylation sites is 4. The normalized spacial score (nSPS) is 11.8. The third-order valence-corrected chi connectivity index (χ3v) is 11.3. The quantitative estimate of drug-likeness (QED) is 0.183. The highest BCUT2D eigenvalue weighted by Crippen LogP contribution is 2.45. The Bertz CT molecular complexity index is 3230. The number of fused-ring (bicyclic) bond motifs is 9. The number of benzene rings is 7. The van der Waals surface area contributed by atoms with E-state index in [1.54, 1.807) is 0 Å². The molecule has 55 heavy (non-hydrogen) atoms. The molecule has 0 bridgehead atoms. The van der Waals surface area contributed by atoms with Gasteiger partial charge in [0.15, 0.2) is 0 Å². The zero-order valence-electron chi connectivity index (χ0n) is 30.3. The molecule has 0 saturated carbocycles. The number of aromatic nitrogens is 4. The zero-order valence-corrected chi connectivity index (χ0v) is 30.3. The summed E-state index contributed by atoms with van der Waals surface area (Å²) in [5.74, 6) is 0. The van der Waals surface area contributed by atoms with Gasteiger partial charge in [0, 0.05) is 55.8 Å². The number of rotatable bonds is 4. The predicted molar refractivity (Wildman–Crippen MR) is 227 cm³/mol. The first kappa shape index (κ1) is 31.1. The van der Waals surface area contributed by atoms with Gasteiger partial charge in [0.2, 0.25) is 0 Å². The fourth-order valence-corrected chi connectivity index (χ4v) is 8.95. The van der Waals surface area contributed by atoms with Crippen molar-refractivity contribution in [2.75, 3.05) is 0 Å². The number of nitrogens with zero attached hydrogens (tertiary/aromatic N) is 5. The molecule has 11 rings (SSSR count). The maximum Gasteiger partial charge on any atom is 0.0993 e. The van der Waals surface area contributed by atoms with Crippen LogP contribution in [0.15, 0.2) is 164 Å². The van der Waals surface area contributed by atoms with Crippen LogP contribution in [-0.2, 0) is 0 Å². The maximum absolute atomic E-state index is 10.8. The first-order valence-corrected chi connectivity index (χ1v) is 18.6. The van der Waals surface area contributed by atoms with E-state index in [4.69, 9.17) is 0 Å². The zero-order chi connectivity index (χ0) is 36.8. The van der Waals surface area contributed by atoms with Crippen LogP contribution in [0.3, 0.4) is 0 Å².